The van der Waals surface area contributed by atoms with Crippen LogP contribution in [0.15, 0.2) is 4.99 Å². The number of piperidine rings is 1. The molecule has 2 aliphatic rings. The molecular formula is C15H31IN4O3S2. The van der Waals surface area contributed by atoms with Crippen LogP contribution in [0, 0.1) is 0 Å². The third kappa shape index (κ3) is 7.04. The molecule has 1 unspecified atom stereocenters. The average Bonchev–Trinajstić information content (AvgIpc) is 3.00. The molecule has 3 N–H and O–H groups in total. The number of halogens is 1. The fraction of sp³-hybridized carbons (Fsp3) is 0.933. The molecule has 0 bridgehead atoms. The monoisotopic (exact) mass is 506 g/mol. The highest BCUT2D eigenvalue weighted by Crippen LogP contribution is 2.27. The number of guanidine groups is 1. The number of nitrogens with zero attached hydrogens (tertiary/aromatic N) is 2. The summed E-state index contributed by atoms with van der Waals surface area (Å²) in [6.45, 7) is 5.94. The Hall–Kier alpha value is 0.220. The van der Waals surface area contributed by atoms with E-state index in [-0.39, 0.29) is 35.8 Å². The number of sulfonamides is 1. The molecule has 0 aromatic carbocycles. The SMILES string of the molecule is CCNC(=NCC1(O)CCSC1)NC1CCN(S(=O)(=O)CC)CC1.I. The van der Waals surface area contributed by atoms with Crippen molar-refractivity contribution in [2.24, 2.45) is 4.99 Å². The molecule has 148 valence electrons. The topological polar surface area (TPSA) is 94.0 Å². The number of rotatable bonds is 6. The first-order valence-corrected chi connectivity index (χ1v) is 11.5. The van der Waals surface area contributed by atoms with Crippen LogP contribution < -0.4 is 10.6 Å². The van der Waals surface area contributed by atoms with Crippen molar-refractivity contribution in [1.82, 2.24) is 14.9 Å². The molecule has 2 rings (SSSR count). The van der Waals surface area contributed by atoms with Crippen molar-refractivity contribution in [3.8, 4) is 0 Å². The van der Waals surface area contributed by atoms with E-state index >= 15 is 0 Å². The lowest BCUT2D eigenvalue weighted by Crippen LogP contribution is -2.50. The number of hydrogen-bond donors (Lipinski definition) is 3. The highest BCUT2D eigenvalue weighted by Gasteiger charge is 2.32. The Labute approximate surface area is 172 Å². The van der Waals surface area contributed by atoms with Gasteiger partial charge >= 0.3 is 0 Å². The molecule has 2 heterocycles. The van der Waals surface area contributed by atoms with Crippen molar-refractivity contribution in [2.75, 3.05) is 43.4 Å². The standard InChI is InChI=1S/C15H30N4O3S2.HI/c1-3-16-14(17-11-15(20)7-10-23-12-15)18-13-5-8-19(9-6-13)24(21,22)4-2;/h13,20H,3-12H2,1-2H3,(H2,16,17,18);1H. The molecule has 0 spiro atoms. The predicted molar refractivity (Wildman–Crippen MR) is 115 cm³/mol. The van der Waals surface area contributed by atoms with Gasteiger partial charge in [0.15, 0.2) is 5.96 Å². The summed E-state index contributed by atoms with van der Waals surface area (Å²) in [5.41, 5.74) is -0.689. The van der Waals surface area contributed by atoms with Crippen molar-refractivity contribution in [1.29, 1.82) is 0 Å². The van der Waals surface area contributed by atoms with Crippen LogP contribution in [0.4, 0.5) is 0 Å². The Balaban J connectivity index is 0.00000312. The van der Waals surface area contributed by atoms with Gasteiger partial charge in [0.2, 0.25) is 10.0 Å². The lowest BCUT2D eigenvalue weighted by Gasteiger charge is -2.32. The molecule has 0 aliphatic carbocycles. The molecule has 0 radical (unpaired) electrons. The number of aliphatic hydroxyl groups is 1. The van der Waals surface area contributed by atoms with Crippen LogP contribution in [0.1, 0.15) is 33.1 Å². The minimum atomic E-state index is -3.09. The van der Waals surface area contributed by atoms with E-state index in [2.05, 4.69) is 15.6 Å². The lowest BCUT2D eigenvalue weighted by atomic mass is 10.0. The van der Waals surface area contributed by atoms with E-state index in [9.17, 15) is 13.5 Å². The Kier molecular flexibility index (Phi) is 9.79. The summed E-state index contributed by atoms with van der Waals surface area (Å²) in [4.78, 5) is 4.54. The zero-order valence-electron chi connectivity index (χ0n) is 15.0. The van der Waals surface area contributed by atoms with Gasteiger partial charge in [-0.3, -0.25) is 4.99 Å². The second-order valence-electron chi connectivity index (χ2n) is 6.44. The normalized spacial score (nSPS) is 26.3. The molecule has 2 saturated heterocycles. The molecule has 10 heteroatoms. The van der Waals surface area contributed by atoms with E-state index in [1.54, 1.807) is 23.0 Å². The van der Waals surface area contributed by atoms with E-state index in [0.717, 1.165) is 37.3 Å². The van der Waals surface area contributed by atoms with Gasteiger partial charge in [0, 0.05) is 31.4 Å². The van der Waals surface area contributed by atoms with Gasteiger partial charge in [0.25, 0.3) is 0 Å². The maximum Gasteiger partial charge on any atom is 0.213 e. The van der Waals surface area contributed by atoms with Crippen LogP contribution in [-0.2, 0) is 10.0 Å². The summed E-state index contributed by atoms with van der Waals surface area (Å²) < 4.78 is 25.4. The quantitative estimate of drug-likeness (QED) is 0.281. The maximum atomic E-state index is 11.9. The molecule has 2 fully saturated rings. The van der Waals surface area contributed by atoms with Crippen LogP contribution in [0.25, 0.3) is 0 Å². The fourth-order valence-electron chi connectivity index (χ4n) is 2.92. The van der Waals surface area contributed by atoms with Crippen LogP contribution in [0.2, 0.25) is 0 Å². The van der Waals surface area contributed by atoms with Crippen molar-refractivity contribution in [3.63, 3.8) is 0 Å². The van der Waals surface area contributed by atoms with Gasteiger partial charge in [-0.05, 0) is 38.9 Å². The van der Waals surface area contributed by atoms with Crippen molar-refractivity contribution in [3.05, 3.63) is 0 Å². The highest BCUT2D eigenvalue weighted by molar-refractivity contribution is 14.0. The molecule has 0 aromatic rings. The third-order valence-corrected chi connectivity index (χ3v) is 7.63. The minimum Gasteiger partial charge on any atom is -0.387 e. The van der Waals surface area contributed by atoms with Gasteiger partial charge in [0.1, 0.15) is 0 Å². The van der Waals surface area contributed by atoms with Crippen LogP contribution >= 0.6 is 35.7 Å². The minimum absolute atomic E-state index is 0. The van der Waals surface area contributed by atoms with Gasteiger partial charge in [-0.15, -0.1) is 24.0 Å². The number of nitrogens with one attached hydrogen (secondary N) is 2. The Morgan fingerprint density at radius 3 is 2.56 bits per heavy atom. The third-order valence-electron chi connectivity index (χ3n) is 4.51. The molecule has 0 amide bonds. The van der Waals surface area contributed by atoms with Crippen molar-refractivity contribution in [2.45, 2.75) is 44.8 Å². The summed E-state index contributed by atoms with van der Waals surface area (Å²) in [7, 11) is -3.09. The van der Waals surface area contributed by atoms with E-state index in [1.165, 1.54) is 0 Å². The van der Waals surface area contributed by atoms with Crippen molar-refractivity contribution >= 4 is 51.7 Å². The Morgan fingerprint density at radius 1 is 1.36 bits per heavy atom. The number of hydrogen-bond acceptors (Lipinski definition) is 5. The van der Waals surface area contributed by atoms with Crippen LogP contribution in [0.3, 0.4) is 0 Å². The van der Waals surface area contributed by atoms with Crippen LogP contribution in [0.5, 0.6) is 0 Å². The summed E-state index contributed by atoms with van der Waals surface area (Å²) in [6, 6.07) is 0.207. The first-order chi connectivity index (χ1) is 11.4. The first-order valence-electron chi connectivity index (χ1n) is 8.71. The van der Waals surface area contributed by atoms with Gasteiger partial charge in [-0.1, -0.05) is 0 Å². The fourth-order valence-corrected chi connectivity index (χ4v) is 5.34. The van der Waals surface area contributed by atoms with Crippen LogP contribution in [-0.4, -0.2) is 78.9 Å². The molecular weight excluding hydrogens is 475 g/mol. The average molecular weight is 506 g/mol. The molecule has 1 atom stereocenters. The zero-order chi connectivity index (χ0) is 17.6. The molecule has 0 aromatic heterocycles. The van der Waals surface area contributed by atoms with Gasteiger partial charge in [0.05, 0.1) is 17.9 Å². The summed E-state index contributed by atoms with van der Waals surface area (Å²) >= 11 is 1.76. The van der Waals surface area contributed by atoms with Gasteiger partial charge < -0.3 is 15.7 Å². The van der Waals surface area contributed by atoms with Gasteiger partial charge in [-0.25, -0.2) is 12.7 Å². The summed E-state index contributed by atoms with van der Waals surface area (Å²) in [6.07, 6.45) is 2.32. The van der Waals surface area contributed by atoms with E-state index in [1.807, 2.05) is 6.92 Å². The first kappa shape index (κ1) is 23.3. The van der Waals surface area contributed by atoms with E-state index in [4.69, 9.17) is 0 Å². The smallest absolute Gasteiger partial charge is 0.213 e. The molecule has 0 saturated carbocycles. The molecule has 7 nitrogen and oxygen atoms in total. The second-order valence-corrected chi connectivity index (χ2v) is 9.80. The van der Waals surface area contributed by atoms with Crippen molar-refractivity contribution < 1.29 is 13.5 Å². The maximum absolute atomic E-state index is 11.9. The molecule has 25 heavy (non-hydrogen) atoms. The van der Waals surface area contributed by atoms with E-state index < -0.39 is 15.6 Å². The lowest BCUT2D eigenvalue weighted by molar-refractivity contribution is 0.0778. The number of aliphatic imine (C=N–C) groups is 1. The Morgan fingerprint density at radius 2 is 2.04 bits per heavy atom. The zero-order valence-corrected chi connectivity index (χ0v) is 19.0. The second kappa shape index (κ2) is 10.5. The number of thioether (sulfide) groups is 1. The highest BCUT2D eigenvalue weighted by atomic mass is 127. The molecule has 2 aliphatic heterocycles. The predicted octanol–water partition coefficient (Wildman–Crippen LogP) is 0.842. The summed E-state index contributed by atoms with van der Waals surface area (Å²) in [5.74, 6) is 2.59. The summed E-state index contributed by atoms with van der Waals surface area (Å²) in [5, 5.41) is 17.0. The van der Waals surface area contributed by atoms with E-state index in [0.29, 0.717) is 25.6 Å². The largest absolute Gasteiger partial charge is 0.387 e. The van der Waals surface area contributed by atoms with Gasteiger partial charge in [-0.2, -0.15) is 11.8 Å². The Bertz CT molecular complexity index is 531.